The Hall–Kier alpha value is -1.36. The molecule has 96 valence electrons. The van der Waals surface area contributed by atoms with Crippen molar-refractivity contribution in [1.29, 1.82) is 0 Å². The summed E-state index contributed by atoms with van der Waals surface area (Å²) in [5.74, 6) is -0.701. The van der Waals surface area contributed by atoms with Crippen LogP contribution in [0.4, 0.5) is 0 Å². The fourth-order valence-electron chi connectivity index (χ4n) is 1.91. The molecule has 1 saturated heterocycles. The first kappa shape index (κ1) is 13.7. The van der Waals surface area contributed by atoms with Crippen LogP contribution in [0.2, 0.25) is 0 Å². The third-order valence-corrected chi connectivity index (χ3v) is 2.89. The number of allylic oxidation sites excluding steroid dienone is 1. The van der Waals surface area contributed by atoms with Gasteiger partial charge in [-0.05, 0) is 19.3 Å². The summed E-state index contributed by atoms with van der Waals surface area (Å²) in [6.45, 7) is 0.524. The van der Waals surface area contributed by atoms with Gasteiger partial charge in [-0.15, -0.1) is 0 Å². The van der Waals surface area contributed by atoms with Crippen LogP contribution in [-0.2, 0) is 9.59 Å². The monoisotopic (exact) mass is 241 g/mol. The number of unbranched alkanes of at least 4 members (excludes halogenated alkanes) is 1. The molecule has 1 fully saturated rings. The Bertz CT molecular complexity index is 301. The summed E-state index contributed by atoms with van der Waals surface area (Å²) < 4.78 is 0. The fraction of sp³-hybridized carbons (Fsp3) is 0.667. The summed E-state index contributed by atoms with van der Waals surface area (Å²) in [5, 5.41) is 17.5. The number of carboxylic acid groups (broad SMARTS) is 1. The molecule has 1 amide bonds. The Labute approximate surface area is 101 Å². The van der Waals surface area contributed by atoms with E-state index >= 15 is 0 Å². The molecule has 5 heteroatoms. The smallest absolute Gasteiger partial charge is 0.303 e. The number of aliphatic carboxylic acids is 1. The number of rotatable bonds is 7. The number of hydrogen-bond donors (Lipinski definition) is 2. The topological polar surface area (TPSA) is 77.8 Å². The number of hydrogen-bond acceptors (Lipinski definition) is 3. The highest BCUT2D eigenvalue weighted by atomic mass is 16.4. The van der Waals surface area contributed by atoms with Gasteiger partial charge in [0.05, 0.1) is 12.6 Å². The van der Waals surface area contributed by atoms with E-state index in [-0.39, 0.29) is 25.0 Å². The van der Waals surface area contributed by atoms with Crippen molar-refractivity contribution in [3.8, 4) is 0 Å². The molecule has 0 aromatic carbocycles. The molecule has 0 bridgehead atoms. The van der Waals surface area contributed by atoms with E-state index in [9.17, 15) is 9.59 Å². The Morgan fingerprint density at radius 3 is 2.88 bits per heavy atom. The lowest BCUT2D eigenvalue weighted by Crippen LogP contribution is -2.35. The van der Waals surface area contributed by atoms with Crippen molar-refractivity contribution in [2.24, 2.45) is 0 Å². The van der Waals surface area contributed by atoms with Crippen LogP contribution in [0.3, 0.4) is 0 Å². The number of aliphatic hydroxyl groups excluding tert-OH is 1. The Kier molecular flexibility index (Phi) is 5.69. The average Bonchev–Trinajstić information content (AvgIpc) is 2.64. The van der Waals surface area contributed by atoms with Gasteiger partial charge in [0.25, 0.3) is 0 Å². The number of aliphatic hydroxyl groups is 1. The average molecular weight is 241 g/mol. The summed E-state index contributed by atoms with van der Waals surface area (Å²) in [5.41, 5.74) is 0. The van der Waals surface area contributed by atoms with Crippen LogP contribution in [0.5, 0.6) is 0 Å². The third-order valence-electron chi connectivity index (χ3n) is 2.89. The summed E-state index contributed by atoms with van der Waals surface area (Å²) >= 11 is 0. The van der Waals surface area contributed by atoms with Gasteiger partial charge in [0.2, 0.25) is 5.91 Å². The SMILES string of the molecule is O=C(O)CCCC=CCN1C(=O)CC[C@@H]1CO. The molecule has 1 heterocycles. The third kappa shape index (κ3) is 4.56. The number of carbonyl (C=O) groups excluding carboxylic acids is 1. The summed E-state index contributed by atoms with van der Waals surface area (Å²) in [6, 6.07) is -0.0498. The van der Waals surface area contributed by atoms with E-state index in [0.29, 0.717) is 25.8 Å². The van der Waals surface area contributed by atoms with E-state index in [2.05, 4.69) is 0 Å². The first-order valence-corrected chi connectivity index (χ1v) is 5.92. The van der Waals surface area contributed by atoms with Crippen LogP contribution in [0.25, 0.3) is 0 Å². The van der Waals surface area contributed by atoms with E-state index in [0.717, 1.165) is 6.42 Å². The second kappa shape index (κ2) is 7.06. The van der Waals surface area contributed by atoms with E-state index in [1.807, 2.05) is 12.2 Å². The van der Waals surface area contributed by atoms with Gasteiger partial charge in [0.15, 0.2) is 0 Å². The maximum absolute atomic E-state index is 11.5. The fourth-order valence-corrected chi connectivity index (χ4v) is 1.91. The van der Waals surface area contributed by atoms with E-state index in [1.54, 1.807) is 4.90 Å². The zero-order valence-electron chi connectivity index (χ0n) is 9.84. The minimum Gasteiger partial charge on any atom is -0.481 e. The van der Waals surface area contributed by atoms with E-state index < -0.39 is 5.97 Å². The largest absolute Gasteiger partial charge is 0.481 e. The molecule has 2 N–H and O–H groups in total. The van der Waals surface area contributed by atoms with Crippen molar-refractivity contribution in [3.63, 3.8) is 0 Å². The first-order chi connectivity index (χ1) is 8.15. The standard InChI is InChI=1S/C12H19NO4/c14-9-10-6-7-11(15)13(10)8-4-2-1-3-5-12(16)17/h2,4,10,14H,1,3,5-9H2,(H,16,17)/t10-/m1/s1. The Morgan fingerprint density at radius 1 is 1.47 bits per heavy atom. The van der Waals surface area contributed by atoms with Crippen LogP contribution in [0, 0.1) is 0 Å². The molecular formula is C12H19NO4. The lowest BCUT2D eigenvalue weighted by Gasteiger charge is -2.21. The molecular weight excluding hydrogens is 222 g/mol. The molecule has 0 aromatic rings. The zero-order chi connectivity index (χ0) is 12.7. The summed E-state index contributed by atoms with van der Waals surface area (Å²) in [7, 11) is 0. The number of amides is 1. The molecule has 1 rings (SSSR count). The molecule has 0 unspecified atom stereocenters. The number of likely N-dealkylation sites (tertiary alicyclic amines) is 1. The normalized spacial score (nSPS) is 20.4. The van der Waals surface area contributed by atoms with Crippen molar-refractivity contribution in [1.82, 2.24) is 4.90 Å². The second-order valence-electron chi connectivity index (χ2n) is 4.18. The minimum absolute atomic E-state index is 0.0125. The molecule has 0 saturated carbocycles. The molecule has 0 aromatic heterocycles. The van der Waals surface area contributed by atoms with Crippen LogP contribution in [-0.4, -0.2) is 46.2 Å². The minimum atomic E-state index is -0.784. The van der Waals surface area contributed by atoms with Gasteiger partial charge >= 0.3 is 5.97 Å². The van der Waals surface area contributed by atoms with Crippen LogP contribution < -0.4 is 0 Å². The Morgan fingerprint density at radius 2 is 2.24 bits per heavy atom. The van der Waals surface area contributed by atoms with Gasteiger partial charge in [0, 0.05) is 19.4 Å². The molecule has 0 aliphatic carbocycles. The summed E-state index contributed by atoms with van der Waals surface area (Å²) in [4.78, 5) is 23.4. The highest BCUT2D eigenvalue weighted by molar-refractivity contribution is 5.78. The number of carbonyl (C=O) groups is 2. The molecule has 0 spiro atoms. The van der Waals surface area contributed by atoms with Crippen molar-refractivity contribution in [2.45, 2.75) is 38.1 Å². The maximum Gasteiger partial charge on any atom is 0.303 e. The predicted octanol–water partition coefficient (Wildman–Crippen LogP) is 0.781. The first-order valence-electron chi connectivity index (χ1n) is 5.92. The predicted molar refractivity (Wildman–Crippen MR) is 62.4 cm³/mol. The molecule has 5 nitrogen and oxygen atoms in total. The van der Waals surface area contributed by atoms with Gasteiger partial charge < -0.3 is 15.1 Å². The molecule has 1 aliphatic rings. The lowest BCUT2D eigenvalue weighted by molar-refractivity contribution is -0.137. The van der Waals surface area contributed by atoms with Crippen molar-refractivity contribution in [3.05, 3.63) is 12.2 Å². The van der Waals surface area contributed by atoms with Crippen molar-refractivity contribution in [2.75, 3.05) is 13.2 Å². The van der Waals surface area contributed by atoms with E-state index in [4.69, 9.17) is 10.2 Å². The van der Waals surface area contributed by atoms with Gasteiger partial charge in [-0.3, -0.25) is 9.59 Å². The zero-order valence-corrected chi connectivity index (χ0v) is 9.84. The number of carboxylic acids is 1. The van der Waals surface area contributed by atoms with Crippen molar-refractivity contribution < 1.29 is 19.8 Å². The van der Waals surface area contributed by atoms with Crippen LogP contribution in [0.1, 0.15) is 32.1 Å². The van der Waals surface area contributed by atoms with Crippen LogP contribution in [0.15, 0.2) is 12.2 Å². The highest BCUT2D eigenvalue weighted by Crippen LogP contribution is 2.17. The molecule has 1 atom stereocenters. The lowest BCUT2D eigenvalue weighted by atomic mass is 10.2. The van der Waals surface area contributed by atoms with Gasteiger partial charge in [-0.1, -0.05) is 12.2 Å². The maximum atomic E-state index is 11.5. The van der Waals surface area contributed by atoms with Crippen molar-refractivity contribution >= 4 is 11.9 Å². The Balaban J connectivity index is 2.22. The van der Waals surface area contributed by atoms with Gasteiger partial charge in [-0.25, -0.2) is 0 Å². The molecule has 17 heavy (non-hydrogen) atoms. The second-order valence-corrected chi connectivity index (χ2v) is 4.18. The quantitative estimate of drug-likeness (QED) is 0.510. The molecule has 1 aliphatic heterocycles. The van der Waals surface area contributed by atoms with Crippen LogP contribution >= 0.6 is 0 Å². The molecule has 0 radical (unpaired) electrons. The summed E-state index contributed by atoms with van der Waals surface area (Å²) in [6.07, 6.45) is 6.49. The van der Waals surface area contributed by atoms with Gasteiger partial charge in [0.1, 0.15) is 0 Å². The van der Waals surface area contributed by atoms with E-state index in [1.165, 1.54) is 0 Å². The highest BCUT2D eigenvalue weighted by Gasteiger charge is 2.28. The van der Waals surface area contributed by atoms with Gasteiger partial charge in [-0.2, -0.15) is 0 Å². The number of nitrogens with zero attached hydrogens (tertiary/aromatic N) is 1.